The molecular formula is C9H19NO2. The summed E-state index contributed by atoms with van der Waals surface area (Å²) in [6.45, 7) is 8.03. The van der Waals surface area contributed by atoms with Gasteiger partial charge in [-0.1, -0.05) is 0 Å². The fourth-order valence-corrected chi connectivity index (χ4v) is 1.29. The van der Waals surface area contributed by atoms with Crippen LogP contribution in [-0.2, 0) is 9.47 Å². The maximum atomic E-state index is 5.53. The molecule has 1 heterocycles. The van der Waals surface area contributed by atoms with Gasteiger partial charge in [-0.25, -0.2) is 0 Å². The van der Waals surface area contributed by atoms with Crippen molar-refractivity contribution >= 4 is 0 Å². The van der Waals surface area contributed by atoms with E-state index >= 15 is 0 Å². The highest BCUT2D eigenvalue weighted by Gasteiger charge is 2.28. The van der Waals surface area contributed by atoms with Crippen molar-refractivity contribution in [3.05, 3.63) is 0 Å². The van der Waals surface area contributed by atoms with Gasteiger partial charge in [0, 0.05) is 26.2 Å². The third kappa shape index (κ3) is 2.73. The van der Waals surface area contributed by atoms with E-state index in [-0.39, 0.29) is 0 Å². The predicted molar refractivity (Wildman–Crippen MR) is 48.3 cm³/mol. The molecule has 0 spiro atoms. The van der Waals surface area contributed by atoms with Gasteiger partial charge in [-0.15, -0.1) is 0 Å². The summed E-state index contributed by atoms with van der Waals surface area (Å²) in [7, 11) is 1.70. The number of ether oxygens (including phenoxy) is 2. The average Bonchev–Trinajstić information content (AvgIpc) is 1.93. The van der Waals surface area contributed by atoms with E-state index in [2.05, 4.69) is 18.7 Å². The second kappa shape index (κ2) is 4.80. The number of nitrogens with zero attached hydrogens (tertiary/aromatic N) is 1. The van der Waals surface area contributed by atoms with Gasteiger partial charge in [-0.3, -0.25) is 4.90 Å². The molecular weight excluding hydrogens is 154 g/mol. The molecule has 1 aliphatic heterocycles. The van der Waals surface area contributed by atoms with Crippen molar-refractivity contribution in [2.45, 2.75) is 26.0 Å². The minimum atomic E-state index is 0.447. The highest BCUT2D eigenvalue weighted by Crippen LogP contribution is 2.14. The zero-order chi connectivity index (χ0) is 8.97. The lowest BCUT2D eigenvalue weighted by Gasteiger charge is -2.41. The maximum absolute atomic E-state index is 5.53. The minimum absolute atomic E-state index is 0.447. The number of rotatable bonds is 5. The summed E-state index contributed by atoms with van der Waals surface area (Å²) in [6.07, 6.45) is 0.447. The fraction of sp³-hybridized carbons (Fsp3) is 1.00. The van der Waals surface area contributed by atoms with Crippen LogP contribution in [0.1, 0.15) is 13.8 Å². The van der Waals surface area contributed by atoms with Gasteiger partial charge in [0.1, 0.15) is 0 Å². The summed E-state index contributed by atoms with van der Waals surface area (Å²) in [4.78, 5) is 2.40. The van der Waals surface area contributed by atoms with Crippen molar-refractivity contribution in [3.63, 3.8) is 0 Å². The third-order valence-electron chi connectivity index (χ3n) is 2.25. The molecule has 1 saturated heterocycles. The molecule has 1 aliphatic rings. The van der Waals surface area contributed by atoms with E-state index in [1.54, 1.807) is 7.11 Å². The number of methoxy groups -OCH3 is 1. The summed E-state index contributed by atoms with van der Waals surface area (Å²) in [5.74, 6) is 0. The number of hydrogen-bond acceptors (Lipinski definition) is 3. The Bertz CT molecular complexity index is 122. The lowest BCUT2D eigenvalue weighted by Crippen LogP contribution is -2.55. The van der Waals surface area contributed by atoms with Crippen LogP contribution in [-0.4, -0.2) is 50.5 Å². The first-order valence-electron chi connectivity index (χ1n) is 4.58. The molecule has 0 atom stereocenters. The van der Waals surface area contributed by atoms with E-state index in [1.807, 2.05) is 0 Å². The first-order chi connectivity index (χ1) is 5.74. The Balaban J connectivity index is 1.95. The first kappa shape index (κ1) is 9.96. The van der Waals surface area contributed by atoms with Crippen LogP contribution in [0.15, 0.2) is 0 Å². The van der Waals surface area contributed by atoms with Gasteiger partial charge in [0.05, 0.1) is 19.3 Å². The van der Waals surface area contributed by atoms with Gasteiger partial charge in [-0.2, -0.15) is 0 Å². The first-order valence-corrected chi connectivity index (χ1v) is 4.58. The van der Waals surface area contributed by atoms with Crippen molar-refractivity contribution < 1.29 is 9.47 Å². The molecule has 0 aromatic heterocycles. The molecule has 3 nitrogen and oxygen atoms in total. The Morgan fingerprint density at radius 2 is 2.00 bits per heavy atom. The average molecular weight is 173 g/mol. The van der Waals surface area contributed by atoms with Crippen molar-refractivity contribution in [2.75, 3.05) is 33.4 Å². The van der Waals surface area contributed by atoms with Crippen molar-refractivity contribution in [2.24, 2.45) is 0 Å². The SMILES string of the molecule is COCCOC1CN(C(C)C)C1. The molecule has 0 radical (unpaired) electrons. The molecule has 1 fully saturated rings. The second-order valence-corrected chi connectivity index (χ2v) is 3.53. The Kier molecular flexibility index (Phi) is 3.98. The molecule has 0 aromatic carbocycles. The maximum Gasteiger partial charge on any atom is 0.0830 e. The summed E-state index contributed by atoms with van der Waals surface area (Å²) in [6, 6.07) is 0.660. The second-order valence-electron chi connectivity index (χ2n) is 3.53. The van der Waals surface area contributed by atoms with Gasteiger partial charge < -0.3 is 9.47 Å². The molecule has 0 unspecified atom stereocenters. The summed E-state index contributed by atoms with van der Waals surface area (Å²) in [5.41, 5.74) is 0. The predicted octanol–water partition coefficient (Wildman–Crippen LogP) is 0.742. The van der Waals surface area contributed by atoms with E-state index in [4.69, 9.17) is 9.47 Å². The van der Waals surface area contributed by atoms with E-state index in [0.717, 1.165) is 19.7 Å². The zero-order valence-electron chi connectivity index (χ0n) is 8.25. The highest BCUT2D eigenvalue weighted by molar-refractivity contribution is 4.82. The van der Waals surface area contributed by atoms with Crippen LogP contribution in [0.25, 0.3) is 0 Å². The van der Waals surface area contributed by atoms with Crippen LogP contribution in [0.2, 0.25) is 0 Å². The largest absolute Gasteiger partial charge is 0.382 e. The Morgan fingerprint density at radius 1 is 1.33 bits per heavy atom. The molecule has 0 bridgehead atoms. The van der Waals surface area contributed by atoms with E-state index in [9.17, 15) is 0 Å². The molecule has 0 N–H and O–H groups in total. The van der Waals surface area contributed by atoms with Crippen molar-refractivity contribution in [1.29, 1.82) is 0 Å². The number of likely N-dealkylation sites (tertiary alicyclic amines) is 1. The standard InChI is InChI=1S/C9H19NO2/c1-8(2)10-6-9(7-10)12-5-4-11-3/h8-9H,4-7H2,1-3H3. The zero-order valence-corrected chi connectivity index (χ0v) is 8.25. The summed E-state index contributed by atoms with van der Waals surface area (Å²) < 4.78 is 10.4. The molecule has 72 valence electrons. The molecule has 3 heteroatoms. The summed E-state index contributed by atoms with van der Waals surface area (Å²) >= 11 is 0. The molecule has 12 heavy (non-hydrogen) atoms. The number of hydrogen-bond donors (Lipinski definition) is 0. The van der Waals surface area contributed by atoms with Crippen LogP contribution in [0.5, 0.6) is 0 Å². The van der Waals surface area contributed by atoms with Crippen LogP contribution >= 0.6 is 0 Å². The van der Waals surface area contributed by atoms with Crippen molar-refractivity contribution in [1.82, 2.24) is 4.90 Å². The molecule has 1 rings (SSSR count). The monoisotopic (exact) mass is 173 g/mol. The Hall–Kier alpha value is -0.120. The van der Waals surface area contributed by atoms with Gasteiger partial charge in [-0.05, 0) is 13.8 Å². The van der Waals surface area contributed by atoms with E-state index in [1.165, 1.54) is 0 Å². The lowest BCUT2D eigenvalue weighted by atomic mass is 10.1. The fourth-order valence-electron chi connectivity index (χ4n) is 1.29. The van der Waals surface area contributed by atoms with Gasteiger partial charge in [0.15, 0.2) is 0 Å². The van der Waals surface area contributed by atoms with Crippen LogP contribution in [0.3, 0.4) is 0 Å². The quantitative estimate of drug-likeness (QED) is 0.572. The van der Waals surface area contributed by atoms with Crippen molar-refractivity contribution in [3.8, 4) is 0 Å². The topological polar surface area (TPSA) is 21.7 Å². The van der Waals surface area contributed by atoms with Gasteiger partial charge in [0.2, 0.25) is 0 Å². The highest BCUT2D eigenvalue weighted by atomic mass is 16.5. The summed E-state index contributed by atoms with van der Waals surface area (Å²) in [5, 5.41) is 0. The molecule has 0 aliphatic carbocycles. The minimum Gasteiger partial charge on any atom is -0.382 e. The normalized spacial score (nSPS) is 20.0. The lowest BCUT2D eigenvalue weighted by molar-refractivity contribution is -0.0771. The Morgan fingerprint density at radius 3 is 2.50 bits per heavy atom. The molecule has 0 amide bonds. The van der Waals surface area contributed by atoms with Gasteiger partial charge in [0.25, 0.3) is 0 Å². The van der Waals surface area contributed by atoms with Gasteiger partial charge >= 0.3 is 0 Å². The molecule has 0 aromatic rings. The van der Waals surface area contributed by atoms with Crippen LogP contribution in [0.4, 0.5) is 0 Å². The van der Waals surface area contributed by atoms with E-state index < -0.39 is 0 Å². The van der Waals surface area contributed by atoms with Crippen LogP contribution < -0.4 is 0 Å². The van der Waals surface area contributed by atoms with Crippen LogP contribution in [0, 0.1) is 0 Å². The smallest absolute Gasteiger partial charge is 0.0830 e. The molecule has 0 saturated carbocycles. The third-order valence-corrected chi connectivity index (χ3v) is 2.25. The Labute approximate surface area is 74.6 Å². The van der Waals surface area contributed by atoms with E-state index in [0.29, 0.717) is 18.8 Å².